The van der Waals surface area contributed by atoms with E-state index in [2.05, 4.69) is 19.9 Å². The van der Waals surface area contributed by atoms with Crippen molar-refractivity contribution >= 4 is 11.8 Å². The minimum Gasteiger partial charge on any atom is -0.462 e. The minimum absolute atomic E-state index is 0.0417. The van der Waals surface area contributed by atoms with Gasteiger partial charge in [0.05, 0.1) is 5.41 Å². The number of esters is 1. The summed E-state index contributed by atoms with van der Waals surface area (Å²) < 4.78 is 5.89. The van der Waals surface area contributed by atoms with E-state index in [1.54, 1.807) is 5.57 Å². The Labute approximate surface area is 177 Å². The van der Waals surface area contributed by atoms with Crippen molar-refractivity contribution in [1.82, 2.24) is 0 Å². The lowest BCUT2D eigenvalue weighted by atomic mass is 9.47. The molecule has 3 saturated carbocycles. The van der Waals surface area contributed by atoms with Gasteiger partial charge in [-0.1, -0.05) is 25.5 Å². The predicted octanol–water partition coefficient (Wildman–Crippen LogP) is 6.11. The molecule has 7 unspecified atom stereocenters. The summed E-state index contributed by atoms with van der Waals surface area (Å²) in [6, 6.07) is 0. The highest BCUT2D eigenvalue weighted by Crippen LogP contribution is 2.66. The molecule has 0 saturated heterocycles. The number of hydrogen-bond donors (Lipinski definition) is 0. The zero-order valence-corrected chi connectivity index (χ0v) is 19.3. The number of allylic oxidation sites excluding steroid dienone is 1. The summed E-state index contributed by atoms with van der Waals surface area (Å²) in [5.74, 6) is 2.76. The second kappa shape index (κ2) is 6.95. The second-order valence-corrected chi connectivity index (χ2v) is 12.1. The maximum absolute atomic E-state index is 12.4. The van der Waals surface area contributed by atoms with Crippen molar-refractivity contribution < 1.29 is 14.3 Å². The Hall–Kier alpha value is -1.12. The molecular weight excluding hydrogens is 360 g/mol. The second-order valence-electron chi connectivity index (χ2n) is 12.1. The Morgan fingerprint density at radius 2 is 1.76 bits per heavy atom. The lowest BCUT2D eigenvalue weighted by Crippen LogP contribution is -2.51. The first-order valence-corrected chi connectivity index (χ1v) is 11.9. The fourth-order valence-electron chi connectivity index (χ4n) is 7.72. The van der Waals surface area contributed by atoms with Gasteiger partial charge in [0.25, 0.3) is 0 Å². The Kier molecular flexibility index (Phi) is 5.07. The molecule has 0 heterocycles. The number of ketones is 1. The third kappa shape index (κ3) is 3.31. The van der Waals surface area contributed by atoms with Gasteiger partial charge >= 0.3 is 5.97 Å². The van der Waals surface area contributed by atoms with E-state index >= 15 is 0 Å². The van der Waals surface area contributed by atoms with Crippen molar-refractivity contribution in [3.63, 3.8) is 0 Å². The number of carbonyl (C=O) groups excluding carboxylic acids is 2. The first-order chi connectivity index (χ1) is 13.5. The molecule has 3 nitrogen and oxygen atoms in total. The van der Waals surface area contributed by atoms with Gasteiger partial charge in [-0.15, -0.1) is 0 Å². The Morgan fingerprint density at radius 3 is 2.41 bits per heavy atom. The summed E-state index contributed by atoms with van der Waals surface area (Å²) >= 11 is 0. The first-order valence-electron chi connectivity index (χ1n) is 11.9. The molecule has 0 aliphatic heterocycles. The monoisotopic (exact) mass is 400 g/mol. The zero-order valence-electron chi connectivity index (χ0n) is 19.3. The van der Waals surface area contributed by atoms with Gasteiger partial charge in [-0.25, -0.2) is 0 Å². The maximum Gasteiger partial charge on any atom is 0.311 e. The lowest BCUT2D eigenvalue weighted by molar-refractivity contribution is -0.161. The molecule has 0 amide bonds. The van der Waals surface area contributed by atoms with Gasteiger partial charge in [0.1, 0.15) is 11.9 Å². The minimum atomic E-state index is -0.434. The van der Waals surface area contributed by atoms with Crippen molar-refractivity contribution in [2.24, 2.45) is 39.9 Å². The summed E-state index contributed by atoms with van der Waals surface area (Å²) in [6.45, 7) is 12.5. The molecule has 29 heavy (non-hydrogen) atoms. The van der Waals surface area contributed by atoms with Gasteiger partial charge in [-0.05, 0) is 101 Å². The topological polar surface area (TPSA) is 43.4 Å². The summed E-state index contributed by atoms with van der Waals surface area (Å²) in [7, 11) is 0. The van der Waals surface area contributed by atoms with E-state index in [0.717, 1.165) is 43.9 Å². The van der Waals surface area contributed by atoms with Crippen LogP contribution in [0.25, 0.3) is 0 Å². The van der Waals surface area contributed by atoms with Crippen molar-refractivity contribution in [2.75, 3.05) is 0 Å². The molecule has 0 aromatic heterocycles. The van der Waals surface area contributed by atoms with Crippen LogP contribution in [0.2, 0.25) is 0 Å². The van der Waals surface area contributed by atoms with Crippen LogP contribution in [0.5, 0.6) is 0 Å². The van der Waals surface area contributed by atoms with Crippen LogP contribution in [0.4, 0.5) is 0 Å². The van der Waals surface area contributed by atoms with E-state index < -0.39 is 5.41 Å². The normalized spacial score (nSPS) is 44.2. The molecule has 4 rings (SSSR count). The molecule has 162 valence electrons. The number of hydrogen-bond acceptors (Lipinski definition) is 3. The molecule has 0 aromatic rings. The number of rotatable bonds is 2. The van der Waals surface area contributed by atoms with Crippen molar-refractivity contribution in [2.45, 2.75) is 99.0 Å². The van der Waals surface area contributed by atoms with Gasteiger partial charge in [-0.2, -0.15) is 0 Å². The summed E-state index contributed by atoms with van der Waals surface area (Å²) in [5.41, 5.74) is 1.58. The van der Waals surface area contributed by atoms with Gasteiger partial charge in [0.15, 0.2) is 0 Å². The average Bonchev–Trinajstić information content (AvgIpc) is 2.98. The third-order valence-corrected chi connectivity index (χ3v) is 9.44. The quantitative estimate of drug-likeness (QED) is 0.415. The average molecular weight is 401 g/mol. The lowest BCUT2D eigenvalue weighted by Gasteiger charge is -2.58. The summed E-state index contributed by atoms with van der Waals surface area (Å²) in [5, 5.41) is 0. The fraction of sp³-hybridized carbons (Fsp3) is 0.846. The fourth-order valence-corrected chi connectivity index (χ4v) is 7.72. The van der Waals surface area contributed by atoms with Crippen LogP contribution in [-0.4, -0.2) is 17.9 Å². The predicted molar refractivity (Wildman–Crippen MR) is 115 cm³/mol. The van der Waals surface area contributed by atoms with Crippen LogP contribution in [0.1, 0.15) is 92.9 Å². The molecule has 0 aromatic carbocycles. The third-order valence-electron chi connectivity index (χ3n) is 9.44. The van der Waals surface area contributed by atoms with Crippen molar-refractivity contribution in [3.05, 3.63) is 11.6 Å². The molecule has 0 N–H and O–H groups in total. The summed E-state index contributed by atoms with van der Waals surface area (Å²) in [6.07, 6.45) is 11.5. The van der Waals surface area contributed by atoms with E-state index in [1.807, 2.05) is 27.7 Å². The van der Waals surface area contributed by atoms with E-state index in [4.69, 9.17) is 4.74 Å². The number of Topliss-reactive ketones (excluding diaryl/α,β-unsaturated/α-hetero) is 1. The van der Waals surface area contributed by atoms with E-state index in [9.17, 15) is 9.59 Å². The Balaban J connectivity index is 1.53. The summed E-state index contributed by atoms with van der Waals surface area (Å²) in [4.78, 5) is 24.7. The first kappa shape index (κ1) is 21.1. The Bertz CT molecular complexity index is 729. The zero-order chi connectivity index (χ0) is 21.2. The molecule has 0 radical (unpaired) electrons. The Morgan fingerprint density at radius 1 is 1.03 bits per heavy atom. The van der Waals surface area contributed by atoms with Crippen molar-refractivity contribution in [1.29, 1.82) is 0 Å². The van der Waals surface area contributed by atoms with Crippen LogP contribution in [0.3, 0.4) is 0 Å². The molecule has 0 spiro atoms. The number of carbonyl (C=O) groups is 2. The van der Waals surface area contributed by atoms with Crippen LogP contribution >= 0.6 is 0 Å². The van der Waals surface area contributed by atoms with Crippen LogP contribution < -0.4 is 0 Å². The van der Waals surface area contributed by atoms with Crippen LogP contribution in [-0.2, 0) is 14.3 Å². The number of ether oxygens (including phenoxy) is 1. The molecule has 3 heteroatoms. The van der Waals surface area contributed by atoms with Gasteiger partial charge in [0.2, 0.25) is 0 Å². The highest BCUT2D eigenvalue weighted by atomic mass is 16.5. The van der Waals surface area contributed by atoms with Crippen LogP contribution in [0, 0.1) is 39.9 Å². The molecule has 3 fully saturated rings. The van der Waals surface area contributed by atoms with E-state index in [1.165, 1.54) is 19.3 Å². The van der Waals surface area contributed by atoms with Gasteiger partial charge in [0, 0.05) is 12.3 Å². The molecular formula is C26H40O3. The molecule has 4 aliphatic carbocycles. The standard InChI is InChI=1S/C26H40O3/c1-16(27)20-9-10-21-19-8-7-17-15-18(29-23(28)24(2,3)4)11-13-25(17,5)22(19)12-14-26(20,21)6/h7,18-22H,8-15H2,1-6H3. The molecule has 4 aliphatic rings. The van der Waals surface area contributed by atoms with Crippen LogP contribution in [0.15, 0.2) is 11.6 Å². The van der Waals surface area contributed by atoms with Gasteiger partial charge in [-0.3, -0.25) is 9.59 Å². The molecule has 0 bridgehead atoms. The van der Waals surface area contributed by atoms with E-state index in [0.29, 0.717) is 11.7 Å². The molecule has 7 atom stereocenters. The number of fused-ring (bicyclic) bond motifs is 5. The highest BCUT2D eigenvalue weighted by Gasteiger charge is 2.59. The maximum atomic E-state index is 12.4. The SMILES string of the molecule is CC(=O)C1CCC2C3CC=C4CC(OC(=O)C(C)(C)C)CCC4(C)C3CCC12C. The van der Waals surface area contributed by atoms with E-state index in [-0.39, 0.29) is 28.8 Å². The smallest absolute Gasteiger partial charge is 0.311 e. The highest BCUT2D eigenvalue weighted by molar-refractivity contribution is 5.79. The van der Waals surface area contributed by atoms with Crippen molar-refractivity contribution in [3.8, 4) is 0 Å². The largest absolute Gasteiger partial charge is 0.462 e. The van der Waals surface area contributed by atoms with Gasteiger partial charge < -0.3 is 4.74 Å².